The van der Waals surface area contributed by atoms with Crippen molar-refractivity contribution in [1.82, 2.24) is 15.3 Å². The van der Waals surface area contributed by atoms with E-state index in [0.717, 1.165) is 70.9 Å². The average Bonchev–Trinajstić information content (AvgIpc) is 3.63. The highest BCUT2D eigenvalue weighted by molar-refractivity contribution is 5.79. The van der Waals surface area contributed by atoms with Crippen LogP contribution in [0, 0.1) is 40.9 Å². The number of hydroxylamine groups is 2. The summed E-state index contributed by atoms with van der Waals surface area (Å²) in [4.78, 5) is 29.9. The van der Waals surface area contributed by atoms with Crippen LogP contribution >= 0.6 is 0 Å². The Morgan fingerprint density at radius 3 is 2.13 bits per heavy atom. The summed E-state index contributed by atoms with van der Waals surface area (Å²) in [5.41, 5.74) is 4.82. The van der Waals surface area contributed by atoms with Crippen LogP contribution in [-0.4, -0.2) is 106 Å². The van der Waals surface area contributed by atoms with Gasteiger partial charge >= 0.3 is 0 Å². The molecule has 1 saturated heterocycles. The summed E-state index contributed by atoms with van der Waals surface area (Å²) < 4.78 is 6.15. The molecule has 5 aliphatic rings. The molecule has 4 aliphatic carbocycles. The third-order valence-electron chi connectivity index (χ3n) is 12.0. The van der Waals surface area contributed by atoms with Crippen molar-refractivity contribution < 1.29 is 29.4 Å². The predicted octanol–water partition coefficient (Wildman–Crippen LogP) is 6.81. The van der Waals surface area contributed by atoms with Gasteiger partial charge in [-0.15, -0.1) is 0 Å². The molecule has 5 rings (SSSR count). The monoisotopic (exact) mass is 741 g/mol. The van der Waals surface area contributed by atoms with Gasteiger partial charge in [0.2, 0.25) is 12.3 Å². The van der Waals surface area contributed by atoms with E-state index in [2.05, 4.69) is 55.9 Å². The molecule has 308 valence electrons. The van der Waals surface area contributed by atoms with Crippen molar-refractivity contribution in [3.63, 3.8) is 0 Å². The number of nitrogens with one attached hydrogen (secondary N) is 1. The van der Waals surface area contributed by atoms with E-state index < -0.39 is 0 Å². The van der Waals surface area contributed by atoms with Crippen LogP contribution in [0.4, 0.5) is 0 Å². The van der Waals surface area contributed by atoms with Gasteiger partial charge in [0, 0.05) is 58.3 Å². The maximum absolute atomic E-state index is 13.3. The normalized spacial score (nSPS) is 29.7. The lowest BCUT2D eigenvalue weighted by atomic mass is 9.67. The summed E-state index contributed by atoms with van der Waals surface area (Å²) in [5, 5.41) is 20.3. The fourth-order valence-electron chi connectivity index (χ4n) is 9.92. The first-order valence-electron chi connectivity index (χ1n) is 21.0. The molecule has 0 aromatic heterocycles. The first-order valence-corrected chi connectivity index (χ1v) is 21.0. The zero-order valence-corrected chi connectivity index (χ0v) is 35.0. The largest absolute Gasteiger partial charge is 0.400 e. The molecule has 0 bridgehead atoms. The lowest BCUT2D eigenvalue weighted by molar-refractivity contribution is -0.143. The molecule has 5 unspecified atom stereocenters. The number of methoxy groups -OCH3 is 1. The van der Waals surface area contributed by atoms with E-state index in [1.807, 2.05) is 7.11 Å². The Morgan fingerprint density at radius 2 is 1.63 bits per heavy atom. The summed E-state index contributed by atoms with van der Waals surface area (Å²) in [6.07, 6.45) is 23.8. The Morgan fingerprint density at radius 1 is 1.00 bits per heavy atom. The molecule has 0 aromatic rings. The van der Waals surface area contributed by atoms with Crippen LogP contribution < -0.4 is 11.1 Å². The smallest absolute Gasteiger partial charge is 0.223 e. The van der Waals surface area contributed by atoms with E-state index in [-0.39, 0.29) is 18.9 Å². The molecule has 2 amide bonds. The summed E-state index contributed by atoms with van der Waals surface area (Å²) >= 11 is 0. The quantitative estimate of drug-likeness (QED) is 0.180. The molecule has 5 atom stereocenters. The van der Waals surface area contributed by atoms with Gasteiger partial charge < -0.3 is 30.9 Å². The van der Waals surface area contributed by atoms with E-state index in [4.69, 9.17) is 24.6 Å². The summed E-state index contributed by atoms with van der Waals surface area (Å²) in [6.45, 7) is 13.0. The molecule has 0 radical (unpaired) electrons. The summed E-state index contributed by atoms with van der Waals surface area (Å²) in [6, 6.07) is 0.295. The third-order valence-corrected chi connectivity index (χ3v) is 12.0. The molecular weight excluding hydrogens is 656 g/mol. The molecule has 5 fully saturated rings. The third kappa shape index (κ3) is 19.3. The predicted molar refractivity (Wildman–Crippen MR) is 213 cm³/mol. The number of ether oxygens (including phenoxy) is 1. The number of primary amides is 1. The van der Waals surface area contributed by atoms with Gasteiger partial charge in [0.05, 0.1) is 12.7 Å². The van der Waals surface area contributed by atoms with Crippen LogP contribution in [0.1, 0.15) is 143 Å². The summed E-state index contributed by atoms with van der Waals surface area (Å²) in [5.74, 6) is 4.20. The Bertz CT molecular complexity index is 888. The van der Waals surface area contributed by atoms with Gasteiger partial charge in [0.1, 0.15) is 0 Å². The first-order chi connectivity index (χ1) is 25.0. The van der Waals surface area contributed by atoms with E-state index >= 15 is 0 Å². The number of carbonyl (C=O) groups excluding carboxylic acids is 2. The number of nitrogens with two attached hydrogens (primary N) is 1. The minimum atomic E-state index is 0.195. The number of nitrogens with zero attached hydrogens (tertiary/aromatic N) is 2. The van der Waals surface area contributed by atoms with Gasteiger partial charge in [-0.1, -0.05) is 72.1 Å². The van der Waals surface area contributed by atoms with Gasteiger partial charge in [-0.2, -0.15) is 5.06 Å². The minimum absolute atomic E-state index is 0.195. The Labute approximate surface area is 319 Å². The molecule has 0 aromatic carbocycles. The number of likely N-dealkylation sites (N-methyl/N-ethyl adjacent to an activating group) is 1. The first kappa shape index (κ1) is 48.7. The van der Waals surface area contributed by atoms with E-state index in [1.54, 1.807) is 6.92 Å². The van der Waals surface area contributed by atoms with Gasteiger partial charge in [-0.25, -0.2) is 0 Å². The van der Waals surface area contributed by atoms with Crippen molar-refractivity contribution in [1.29, 1.82) is 0 Å². The van der Waals surface area contributed by atoms with E-state index in [1.165, 1.54) is 89.9 Å². The van der Waals surface area contributed by atoms with Gasteiger partial charge in [-0.3, -0.25) is 14.4 Å². The number of aliphatic hydroxyl groups is 2. The van der Waals surface area contributed by atoms with E-state index in [0.29, 0.717) is 41.2 Å². The molecule has 1 aliphatic heterocycles. The lowest BCUT2D eigenvalue weighted by Gasteiger charge is -2.44. The SMILES string of the molecule is CC1CCCC(C)(C)C1.CCO.CO.COC1C(CN2CCCO2)CCCC1C1CCC(C(=O)NC(CC2CCCCC2)CN(C)C)CC1.NC=O. The van der Waals surface area contributed by atoms with Crippen LogP contribution in [0.15, 0.2) is 0 Å². The molecule has 0 spiro atoms. The average molecular weight is 741 g/mol. The van der Waals surface area contributed by atoms with Crippen molar-refractivity contribution in [2.45, 2.75) is 155 Å². The maximum Gasteiger partial charge on any atom is 0.223 e. The molecule has 10 nitrogen and oxygen atoms in total. The fraction of sp³-hybridized carbons (Fsp3) is 0.952. The van der Waals surface area contributed by atoms with Crippen molar-refractivity contribution in [3.8, 4) is 0 Å². The second-order valence-electron chi connectivity index (χ2n) is 17.3. The molecule has 1 heterocycles. The number of rotatable bonds is 10. The highest BCUT2D eigenvalue weighted by atomic mass is 16.7. The van der Waals surface area contributed by atoms with Crippen LogP contribution in [0.25, 0.3) is 0 Å². The molecular formula is C42H84N4O6. The Kier molecular flexibility index (Phi) is 26.4. The molecule has 4 saturated carbocycles. The topological polar surface area (TPSA) is 138 Å². The second kappa shape index (κ2) is 28.2. The molecule has 10 heteroatoms. The van der Waals surface area contributed by atoms with Gasteiger partial charge in [0.15, 0.2) is 0 Å². The number of aliphatic hydroxyl groups excluding tert-OH is 2. The van der Waals surface area contributed by atoms with Crippen LogP contribution in [-0.2, 0) is 19.2 Å². The molecule has 5 N–H and O–H groups in total. The van der Waals surface area contributed by atoms with Crippen LogP contribution in [0.5, 0.6) is 0 Å². The second-order valence-corrected chi connectivity index (χ2v) is 17.3. The standard InChI is InChI=1S/C29H53N3O3.C9H18.C2H6O.CH3NO.CH4O/c1-31(2)21-26(19-22-9-5-4-6-10-22)30-29(33)24-15-13-23(14-16-24)27-12-7-11-25(28(27)34-3)20-32-17-8-18-35-32;1-8-5-4-6-9(2,3)7-8;1-2-3;2-1-3;1-2/h22-28H,4-21H2,1-3H3,(H,30,33);8H,4-7H2,1-3H3;3H,2H2,1H3;1H,(H2,2,3);2H,1H3. The van der Waals surface area contributed by atoms with E-state index in [9.17, 15) is 4.79 Å². The van der Waals surface area contributed by atoms with Gasteiger partial charge in [0.25, 0.3) is 0 Å². The Hall–Kier alpha value is -1.30. The van der Waals surface area contributed by atoms with Crippen LogP contribution in [0.3, 0.4) is 0 Å². The van der Waals surface area contributed by atoms with Crippen LogP contribution in [0.2, 0.25) is 0 Å². The highest BCUT2D eigenvalue weighted by Crippen LogP contribution is 2.43. The van der Waals surface area contributed by atoms with Crippen molar-refractivity contribution in [2.24, 2.45) is 46.7 Å². The maximum atomic E-state index is 13.3. The highest BCUT2D eigenvalue weighted by Gasteiger charge is 2.41. The van der Waals surface area contributed by atoms with Crippen molar-refractivity contribution in [3.05, 3.63) is 0 Å². The number of carbonyl (C=O) groups is 2. The molecule has 52 heavy (non-hydrogen) atoms. The minimum Gasteiger partial charge on any atom is -0.400 e. The van der Waals surface area contributed by atoms with Crippen molar-refractivity contribution in [2.75, 3.05) is 61.2 Å². The van der Waals surface area contributed by atoms with Crippen molar-refractivity contribution >= 4 is 12.3 Å². The fourth-order valence-corrected chi connectivity index (χ4v) is 9.92. The number of amides is 2. The van der Waals surface area contributed by atoms with Gasteiger partial charge in [-0.05, 0) is 114 Å². The summed E-state index contributed by atoms with van der Waals surface area (Å²) in [7, 11) is 7.17. The zero-order valence-electron chi connectivity index (χ0n) is 35.0. The zero-order chi connectivity index (χ0) is 38.9. The Balaban J connectivity index is 0.000000662. The number of hydrogen-bond acceptors (Lipinski definition) is 8. The lowest BCUT2D eigenvalue weighted by Crippen LogP contribution is -2.47. The number of hydrogen-bond donors (Lipinski definition) is 4.